The van der Waals surface area contributed by atoms with Gasteiger partial charge in [-0.3, -0.25) is 4.79 Å². The van der Waals surface area contributed by atoms with Gasteiger partial charge in [-0.2, -0.15) is 0 Å². The second-order valence-electron chi connectivity index (χ2n) is 13.1. The SMILES string of the molecule is C[C@H](OC(=O)[C@H](C)OC(=O)[C@H](CC(=O)OC1=CC[C@@]2(O)[C@H]3Cc4ccc(CO)c5c4[C@@]2(CCCN3C)[C@H]1O5)OC(=O)[C@H](O)[C@@H](O)C(=O)O)C(=O)O. The van der Waals surface area contributed by atoms with E-state index in [1.165, 1.54) is 6.08 Å². The number of ether oxygens (including phenoxy) is 5. The number of aliphatic carboxylic acids is 2. The molecule has 2 bridgehead atoms. The van der Waals surface area contributed by atoms with Crippen molar-refractivity contribution >= 4 is 35.8 Å². The summed E-state index contributed by atoms with van der Waals surface area (Å²) in [6, 6.07) is 3.27. The number of nitrogens with zero attached hydrogens (tertiary/aromatic N) is 1. The van der Waals surface area contributed by atoms with Crippen molar-refractivity contribution in [2.45, 2.75) is 106 Å². The van der Waals surface area contributed by atoms with Crippen LogP contribution in [0.5, 0.6) is 5.75 Å². The zero-order valence-corrected chi connectivity index (χ0v) is 27.8. The Kier molecular flexibility index (Phi) is 10.5. The molecule has 4 aliphatic rings. The molecule has 1 fully saturated rings. The van der Waals surface area contributed by atoms with Gasteiger partial charge in [-0.15, -0.1) is 0 Å². The van der Waals surface area contributed by atoms with Gasteiger partial charge in [0.15, 0.2) is 30.5 Å². The molecule has 5 rings (SSSR count). The van der Waals surface area contributed by atoms with Gasteiger partial charge in [-0.25, -0.2) is 24.0 Å². The minimum absolute atomic E-state index is 0.0286. The average molecular weight is 722 g/mol. The van der Waals surface area contributed by atoms with Crippen molar-refractivity contribution in [1.82, 2.24) is 4.90 Å². The summed E-state index contributed by atoms with van der Waals surface area (Å²) in [6.07, 6.45) is -10.2. The van der Waals surface area contributed by atoms with E-state index in [0.29, 0.717) is 42.7 Å². The first-order valence-electron chi connectivity index (χ1n) is 16.2. The summed E-state index contributed by atoms with van der Waals surface area (Å²) >= 11 is 0. The highest BCUT2D eigenvalue weighted by molar-refractivity contribution is 5.89. The van der Waals surface area contributed by atoms with E-state index < -0.39 is 89.9 Å². The van der Waals surface area contributed by atoms with E-state index in [-0.39, 0.29) is 24.8 Å². The maximum absolute atomic E-state index is 13.5. The highest BCUT2D eigenvalue weighted by Gasteiger charge is 2.70. The van der Waals surface area contributed by atoms with Gasteiger partial charge in [-0.1, -0.05) is 12.1 Å². The van der Waals surface area contributed by atoms with Crippen LogP contribution < -0.4 is 4.74 Å². The number of carboxylic acids is 2. The van der Waals surface area contributed by atoms with Gasteiger partial charge in [0.2, 0.25) is 6.10 Å². The number of benzene rings is 1. The lowest BCUT2D eigenvalue weighted by atomic mass is 9.52. The van der Waals surface area contributed by atoms with Crippen LogP contribution in [0.4, 0.5) is 0 Å². The molecule has 1 aromatic rings. The van der Waals surface area contributed by atoms with Crippen molar-refractivity contribution in [3.63, 3.8) is 0 Å². The Hall–Kier alpha value is -4.62. The third-order valence-corrected chi connectivity index (χ3v) is 10.0. The molecule has 9 atom stereocenters. The highest BCUT2D eigenvalue weighted by atomic mass is 16.6. The smallest absolute Gasteiger partial charge is 0.348 e. The number of hydrogen-bond acceptors (Lipinski definition) is 16. The van der Waals surface area contributed by atoms with E-state index in [9.17, 15) is 49.2 Å². The molecule has 2 aliphatic heterocycles. The molecule has 2 heterocycles. The van der Waals surface area contributed by atoms with Gasteiger partial charge in [0, 0.05) is 23.6 Å². The second-order valence-corrected chi connectivity index (χ2v) is 13.1. The van der Waals surface area contributed by atoms with Crippen molar-refractivity contribution in [3.8, 4) is 5.75 Å². The standard InChI is InChI=1S/C33H39NO17/c1-14(27(39)40)47-29(43)15(2)48-30(44)19(50-31(45)24(38)23(37)28(41)42)12-21(36)49-18-7-9-33(46)20-11-16-5-6-17(13-35)25-22(16)32(33,26(18)51-25)8-4-10-34(20)3/h5-7,14-15,19-20,23-24,26,35,37-38,46H,4,8-13H2,1-3H3,(H,39,40)(H,41,42)/t14-,15-,19-,20+,23+,24+,26-,32-,33+/m0/s1. The topological polar surface area (TPSA) is 273 Å². The molecule has 6 N–H and O–H groups in total. The summed E-state index contributed by atoms with van der Waals surface area (Å²) in [5.41, 5.74) is -0.399. The van der Waals surface area contributed by atoms with E-state index in [4.69, 9.17) is 29.2 Å². The summed E-state index contributed by atoms with van der Waals surface area (Å²) in [5.74, 6) is -9.14. The van der Waals surface area contributed by atoms with Crippen LogP contribution in [-0.2, 0) is 66.2 Å². The maximum Gasteiger partial charge on any atom is 0.348 e. The van der Waals surface area contributed by atoms with Crippen LogP contribution in [0.15, 0.2) is 24.0 Å². The third kappa shape index (κ3) is 6.53. The molecular weight excluding hydrogens is 682 g/mol. The molecule has 51 heavy (non-hydrogen) atoms. The Balaban J connectivity index is 1.41. The minimum Gasteiger partial charge on any atom is -0.481 e. The number of aliphatic hydroxyl groups is 4. The molecule has 0 unspecified atom stereocenters. The van der Waals surface area contributed by atoms with Gasteiger partial charge in [0.1, 0.15) is 11.5 Å². The summed E-state index contributed by atoms with van der Waals surface area (Å²) in [6.45, 7) is 2.31. The number of carbonyl (C=O) groups is 6. The Labute approximate surface area is 290 Å². The number of esters is 4. The maximum atomic E-state index is 13.5. The molecule has 0 radical (unpaired) electrons. The molecule has 0 amide bonds. The van der Waals surface area contributed by atoms with Crippen LogP contribution in [-0.4, -0.2) is 133 Å². The summed E-state index contributed by atoms with van der Waals surface area (Å²) in [4.78, 5) is 75.7. The zero-order valence-electron chi connectivity index (χ0n) is 27.8. The fourth-order valence-corrected chi connectivity index (χ4v) is 7.48. The van der Waals surface area contributed by atoms with Gasteiger partial charge in [0.25, 0.3) is 0 Å². The number of rotatable bonds is 13. The number of hydrogen-bond donors (Lipinski definition) is 6. The lowest BCUT2D eigenvalue weighted by molar-refractivity contribution is -0.188. The summed E-state index contributed by atoms with van der Waals surface area (Å²) in [7, 11) is 1.92. The Bertz CT molecular complexity index is 1660. The lowest BCUT2D eigenvalue weighted by Crippen LogP contribution is -2.69. The molecule has 0 saturated carbocycles. The Morgan fingerprint density at radius 3 is 2.29 bits per heavy atom. The Morgan fingerprint density at radius 2 is 1.65 bits per heavy atom. The van der Waals surface area contributed by atoms with Crippen molar-refractivity contribution in [3.05, 3.63) is 40.7 Å². The van der Waals surface area contributed by atoms with Gasteiger partial charge >= 0.3 is 35.8 Å². The molecule has 1 saturated heterocycles. The molecule has 18 nitrogen and oxygen atoms in total. The normalized spacial score (nSPS) is 27.5. The first kappa shape index (κ1) is 37.6. The van der Waals surface area contributed by atoms with Crippen LogP contribution in [0.25, 0.3) is 0 Å². The zero-order chi connectivity index (χ0) is 37.6. The van der Waals surface area contributed by atoms with Crippen LogP contribution in [0.2, 0.25) is 0 Å². The minimum atomic E-state index is -2.71. The number of carbonyl (C=O) groups excluding carboxylic acids is 4. The van der Waals surface area contributed by atoms with Crippen molar-refractivity contribution in [1.29, 1.82) is 0 Å². The largest absolute Gasteiger partial charge is 0.481 e. The predicted molar refractivity (Wildman–Crippen MR) is 164 cm³/mol. The summed E-state index contributed by atoms with van der Waals surface area (Å²) in [5, 5.41) is 60.2. The van der Waals surface area contributed by atoms with E-state index in [1.54, 1.807) is 6.07 Å². The van der Waals surface area contributed by atoms with Gasteiger partial charge in [0.05, 0.1) is 24.0 Å². The predicted octanol–water partition coefficient (Wildman–Crippen LogP) is -1.55. The molecule has 278 valence electrons. The monoisotopic (exact) mass is 721 g/mol. The lowest BCUT2D eigenvalue weighted by Gasteiger charge is -2.56. The van der Waals surface area contributed by atoms with Crippen molar-refractivity contribution < 1.29 is 83.1 Å². The quantitative estimate of drug-likeness (QED) is 0.0993. The number of carboxylic acid groups (broad SMARTS) is 2. The first-order chi connectivity index (χ1) is 24.0. The third-order valence-electron chi connectivity index (χ3n) is 10.0. The number of likely N-dealkylation sites (tertiary alicyclic amines) is 1. The molecule has 18 heteroatoms. The van der Waals surface area contributed by atoms with Crippen LogP contribution in [0, 0.1) is 0 Å². The van der Waals surface area contributed by atoms with Crippen LogP contribution >= 0.6 is 0 Å². The number of aliphatic hydroxyl groups excluding tert-OH is 3. The van der Waals surface area contributed by atoms with E-state index in [0.717, 1.165) is 19.4 Å². The fraction of sp³-hybridized carbons (Fsp3) is 0.576. The summed E-state index contributed by atoms with van der Waals surface area (Å²) < 4.78 is 26.6. The van der Waals surface area contributed by atoms with Crippen molar-refractivity contribution in [2.75, 3.05) is 13.6 Å². The molecular formula is C33H39NO17. The number of likely N-dealkylation sites (N-methyl/N-ethyl adjacent to an activating group) is 1. The first-order valence-corrected chi connectivity index (χ1v) is 16.2. The Morgan fingerprint density at radius 1 is 0.961 bits per heavy atom. The highest BCUT2D eigenvalue weighted by Crippen LogP contribution is 2.64. The molecule has 1 spiro atoms. The average Bonchev–Trinajstić information content (AvgIpc) is 3.42. The van der Waals surface area contributed by atoms with Gasteiger partial charge < -0.3 is 59.2 Å². The van der Waals surface area contributed by atoms with Crippen molar-refractivity contribution in [2.24, 2.45) is 0 Å². The molecule has 2 aliphatic carbocycles. The van der Waals surface area contributed by atoms with E-state index >= 15 is 0 Å². The van der Waals surface area contributed by atoms with E-state index in [2.05, 4.69) is 9.64 Å². The molecule has 0 aromatic heterocycles. The van der Waals surface area contributed by atoms with Gasteiger partial charge in [-0.05, 0) is 58.3 Å². The van der Waals surface area contributed by atoms with Crippen LogP contribution in [0.3, 0.4) is 0 Å². The fourth-order valence-electron chi connectivity index (χ4n) is 7.48. The molecule has 1 aromatic carbocycles. The van der Waals surface area contributed by atoms with E-state index in [1.807, 2.05) is 13.1 Å². The second kappa shape index (κ2) is 14.2. The van der Waals surface area contributed by atoms with Crippen LogP contribution in [0.1, 0.15) is 56.2 Å².